The van der Waals surface area contributed by atoms with Crippen molar-refractivity contribution in [1.29, 1.82) is 0 Å². The van der Waals surface area contributed by atoms with Gasteiger partial charge >= 0.3 is 12.1 Å². The minimum absolute atomic E-state index is 0.0303. The first-order chi connectivity index (χ1) is 14.3. The van der Waals surface area contributed by atoms with Crippen LogP contribution in [-0.2, 0) is 24.3 Å². The number of anilines is 1. The van der Waals surface area contributed by atoms with Crippen molar-refractivity contribution in [3.63, 3.8) is 0 Å². The van der Waals surface area contributed by atoms with Crippen LogP contribution < -0.4 is 4.90 Å². The second-order valence-electron chi connectivity index (χ2n) is 7.73. The van der Waals surface area contributed by atoms with Crippen molar-refractivity contribution in [2.75, 3.05) is 18.6 Å². The Morgan fingerprint density at radius 1 is 1.13 bits per heavy atom. The summed E-state index contributed by atoms with van der Waals surface area (Å²) in [4.78, 5) is 27.3. The number of para-hydroxylation sites is 1. The molecule has 1 amide bonds. The van der Waals surface area contributed by atoms with Crippen molar-refractivity contribution in [2.45, 2.75) is 35.9 Å². The summed E-state index contributed by atoms with van der Waals surface area (Å²) in [5, 5.41) is 0. The van der Waals surface area contributed by atoms with Gasteiger partial charge in [-0.3, -0.25) is 4.79 Å². The number of hydrogen-bond donors (Lipinski definition) is 0. The number of sulfonamides is 1. The van der Waals surface area contributed by atoms with Crippen molar-refractivity contribution in [3.8, 4) is 0 Å². The van der Waals surface area contributed by atoms with Crippen molar-refractivity contribution in [3.05, 3.63) is 59.7 Å². The van der Waals surface area contributed by atoms with E-state index in [4.69, 9.17) is 9.47 Å². The lowest BCUT2D eigenvalue weighted by atomic mass is 9.91. The molecule has 156 valence electrons. The summed E-state index contributed by atoms with van der Waals surface area (Å²) >= 11 is 0. The van der Waals surface area contributed by atoms with Crippen LogP contribution in [0.15, 0.2) is 53.4 Å². The molecule has 0 bridgehead atoms. The molecule has 0 N–H and O–H groups in total. The Morgan fingerprint density at radius 3 is 2.53 bits per heavy atom. The highest BCUT2D eigenvalue weighted by atomic mass is 32.2. The molecule has 4 atom stereocenters. The van der Waals surface area contributed by atoms with Crippen molar-refractivity contribution >= 4 is 27.8 Å². The van der Waals surface area contributed by atoms with Gasteiger partial charge in [0.2, 0.25) is 0 Å². The summed E-state index contributed by atoms with van der Waals surface area (Å²) in [7, 11) is -2.78. The number of ether oxygens (including phenoxy) is 2. The maximum Gasteiger partial charge on any atom is 0.424 e. The summed E-state index contributed by atoms with van der Waals surface area (Å²) < 4.78 is 37.9. The third kappa shape index (κ3) is 2.48. The molecule has 2 fully saturated rings. The molecule has 2 aromatic carbocycles. The number of aryl methyl sites for hydroxylation is 1. The number of hydrogen-bond acceptors (Lipinski definition) is 7. The van der Waals surface area contributed by atoms with E-state index in [0.717, 1.165) is 21.1 Å². The van der Waals surface area contributed by atoms with Gasteiger partial charge in [0.1, 0.15) is 18.1 Å². The van der Waals surface area contributed by atoms with Crippen LogP contribution in [-0.4, -0.2) is 56.6 Å². The number of nitrogens with zero attached hydrogens (tertiary/aromatic N) is 2. The zero-order chi connectivity index (χ0) is 21.2. The molecule has 0 saturated carbocycles. The maximum atomic E-state index is 13.3. The first-order valence-electron chi connectivity index (χ1n) is 9.59. The predicted octanol–water partition coefficient (Wildman–Crippen LogP) is 2.03. The van der Waals surface area contributed by atoms with E-state index in [1.54, 1.807) is 12.1 Å². The molecule has 9 heteroatoms. The molecule has 3 aliphatic rings. The molecule has 0 aliphatic carbocycles. The van der Waals surface area contributed by atoms with Crippen LogP contribution in [0.1, 0.15) is 17.0 Å². The highest BCUT2D eigenvalue weighted by Gasteiger charge is 2.63. The highest BCUT2D eigenvalue weighted by molar-refractivity contribution is 7.89. The Morgan fingerprint density at radius 2 is 1.83 bits per heavy atom. The van der Waals surface area contributed by atoms with E-state index in [0.29, 0.717) is 0 Å². The fraction of sp³-hybridized carbons (Fsp3) is 0.333. The maximum absolute atomic E-state index is 13.3. The highest BCUT2D eigenvalue weighted by Crippen LogP contribution is 2.50. The van der Waals surface area contributed by atoms with Gasteiger partial charge in [-0.2, -0.15) is 4.31 Å². The number of esters is 1. The fourth-order valence-corrected chi connectivity index (χ4v) is 6.30. The molecule has 2 saturated heterocycles. The molecule has 5 rings (SSSR count). The van der Waals surface area contributed by atoms with Gasteiger partial charge in [-0.15, -0.1) is 0 Å². The van der Waals surface area contributed by atoms with Gasteiger partial charge in [0.15, 0.2) is 0 Å². The predicted molar refractivity (Wildman–Crippen MR) is 107 cm³/mol. The lowest BCUT2D eigenvalue weighted by Crippen LogP contribution is -2.42. The van der Waals surface area contributed by atoms with Crippen LogP contribution >= 0.6 is 0 Å². The molecular weight excluding hydrogens is 408 g/mol. The van der Waals surface area contributed by atoms with E-state index in [1.807, 2.05) is 36.1 Å². The van der Waals surface area contributed by atoms with Gasteiger partial charge < -0.3 is 14.4 Å². The Hall–Kier alpha value is -3.07. The zero-order valence-corrected chi connectivity index (χ0v) is 17.2. The summed E-state index contributed by atoms with van der Waals surface area (Å²) in [5.74, 6) is -1.09. The number of carbonyl (C=O) groups excluding carboxylic acids is 2. The minimum Gasteiger partial charge on any atom is -0.468 e. The molecule has 8 nitrogen and oxygen atoms in total. The number of methoxy groups -OCH3 is 1. The molecule has 30 heavy (non-hydrogen) atoms. The van der Waals surface area contributed by atoms with E-state index >= 15 is 0 Å². The smallest absolute Gasteiger partial charge is 0.424 e. The molecule has 0 spiro atoms. The van der Waals surface area contributed by atoms with Crippen molar-refractivity contribution < 1.29 is 27.5 Å². The Kier molecular flexibility index (Phi) is 4.08. The Labute approximate surface area is 174 Å². The van der Waals surface area contributed by atoms with Gasteiger partial charge in [0.05, 0.1) is 18.0 Å². The Bertz CT molecular complexity index is 1150. The molecular formula is C21H20N2O6S. The van der Waals surface area contributed by atoms with E-state index in [-0.39, 0.29) is 11.4 Å². The second-order valence-corrected chi connectivity index (χ2v) is 9.55. The van der Waals surface area contributed by atoms with Gasteiger partial charge in [-0.25, -0.2) is 13.2 Å². The lowest BCUT2D eigenvalue weighted by Gasteiger charge is -2.24. The van der Waals surface area contributed by atoms with Crippen LogP contribution in [0.25, 0.3) is 0 Å². The monoisotopic (exact) mass is 428 g/mol. The molecule has 2 aromatic rings. The molecule has 3 heterocycles. The van der Waals surface area contributed by atoms with E-state index in [9.17, 15) is 18.0 Å². The first-order valence-corrected chi connectivity index (χ1v) is 11.0. The normalized spacial score (nSPS) is 26.8. The quantitative estimate of drug-likeness (QED) is 0.691. The number of carbonyl (C=O) groups is 2. The van der Waals surface area contributed by atoms with Crippen molar-refractivity contribution in [1.82, 2.24) is 4.31 Å². The van der Waals surface area contributed by atoms with E-state index in [1.165, 1.54) is 19.2 Å². The molecule has 0 aromatic heterocycles. The summed E-state index contributed by atoms with van der Waals surface area (Å²) in [6.45, 7) is 2.10. The van der Waals surface area contributed by atoms with Gasteiger partial charge in [-0.1, -0.05) is 35.9 Å². The first kappa shape index (κ1) is 18.9. The van der Waals surface area contributed by atoms with Gasteiger partial charge in [-0.05, 0) is 30.7 Å². The summed E-state index contributed by atoms with van der Waals surface area (Å²) in [5.41, 5.74) is 2.54. The van der Waals surface area contributed by atoms with E-state index < -0.39 is 46.2 Å². The largest absolute Gasteiger partial charge is 0.468 e. The molecule has 3 aliphatic heterocycles. The fourth-order valence-electron chi connectivity index (χ4n) is 4.81. The zero-order valence-electron chi connectivity index (χ0n) is 16.4. The van der Waals surface area contributed by atoms with Crippen LogP contribution in [0.4, 0.5) is 10.5 Å². The molecule has 0 radical (unpaired) electrons. The number of amides is 1. The number of benzene rings is 2. The van der Waals surface area contributed by atoms with Crippen LogP contribution in [0.2, 0.25) is 0 Å². The second kappa shape index (κ2) is 6.46. The Balaban J connectivity index is 1.56. The third-order valence-electron chi connectivity index (χ3n) is 6.13. The van der Waals surface area contributed by atoms with Gasteiger partial charge in [0, 0.05) is 12.2 Å². The summed E-state index contributed by atoms with van der Waals surface area (Å²) in [6.07, 6.45) is -1.68. The van der Waals surface area contributed by atoms with Crippen LogP contribution in [0, 0.1) is 6.92 Å². The average molecular weight is 428 g/mol. The minimum atomic E-state index is -4.09. The number of rotatable bonds is 3. The van der Waals surface area contributed by atoms with E-state index in [2.05, 4.69) is 0 Å². The standard InChI is InChI=1S/C21H20N2O6S/c1-12-7-9-13(10-8-12)30(26,27)23-16-11-22-15-6-4-3-5-14(15)17(20(24)28-2)18(22)19(16)29-21(23)25/h3-10,16-19H,11H2,1-2H3/t16-,17?,18?,19-/m1/s1. The SMILES string of the molecule is COC(=O)C1c2ccccc2N2C[C@@H]3[C@@H](OC(=O)N3S(=O)(=O)c3ccc(C)cc3)C12. The molecule has 2 unspecified atom stereocenters. The lowest BCUT2D eigenvalue weighted by molar-refractivity contribution is -0.143. The van der Waals surface area contributed by atoms with Crippen molar-refractivity contribution in [2.24, 2.45) is 0 Å². The third-order valence-corrected chi connectivity index (χ3v) is 7.94. The number of fused-ring (bicyclic) bond motifs is 5. The van der Waals surface area contributed by atoms with Gasteiger partial charge in [0.25, 0.3) is 10.0 Å². The summed E-state index contributed by atoms with van der Waals surface area (Å²) in [6, 6.07) is 12.5. The average Bonchev–Trinajstić information content (AvgIpc) is 3.34. The van der Waals surface area contributed by atoms with Crippen LogP contribution in [0.3, 0.4) is 0 Å². The topological polar surface area (TPSA) is 93.2 Å². The van der Waals surface area contributed by atoms with Crippen LogP contribution in [0.5, 0.6) is 0 Å².